The molecule has 1 N–H and O–H groups in total. The molecule has 1 amide bonds. The van der Waals surface area contributed by atoms with Crippen molar-refractivity contribution in [2.75, 3.05) is 12.3 Å². The molecule has 1 aromatic heterocycles. The Hall–Kier alpha value is -0.740. The highest BCUT2D eigenvalue weighted by Gasteiger charge is 2.13. The molecule has 0 saturated heterocycles. The minimum Gasteiger partial charge on any atom is -0.355 e. The summed E-state index contributed by atoms with van der Waals surface area (Å²) in [5.74, 6) is 1.25. The molecule has 1 aromatic rings. The van der Waals surface area contributed by atoms with Crippen LogP contribution in [0.2, 0.25) is 5.02 Å². The predicted molar refractivity (Wildman–Crippen MR) is 84.2 cm³/mol. The summed E-state index contributed by atoms with van der Waals surface area (Å²) in [5.41, 5.74) is 0. The SMILES string of the molecule is O=C(CSc1ncccc1Cl)NCCC1CCCCC1. The Morgan fingerprint density at radius 2 is 2.20 bits per heavy atom. The summed E-state index contributed by atoms with van der Waals surface area (Å²) in [7, 11) is 0. The third-order valence-electron chi connectivity index (χ3n) is 3.66. The summed E-state index contributed by atoms with van der Waals surface area (Å²) in [6, 6.07) is 3.58. The zero-order chi connectivity index (χ0) is 14.2. The fourth-order valence-corrected chi connectivity index (χ4v) is 3.55. The largest absolute Gasteiger partial charge is 0.355 e. The monoisotopic (exact) mass is 312 g/mol. The molecule has 1 aliphatic rings. The van der Waals surface area contributed by atoms with Crippen LogP contribution >= 0.6 is 23.4 Å². The highest BCUT2D eigenvalue weighted by molar-refractivity contribution is 8.00. The van der Waals surface area contributed by atoms with Crippen LogP contribution in [-0.4, -0.2) is 23.2 Å². The van der Waals surface area contributed by atoms with E-state index >= 15 is 0 Å². The van der Waals surface area contributed by atoms with Crippen molar-refractivity contribution in [3.8, 4) is 0 Å². The Bertz CT molecular complexity index is 436. The topological polar surface area (TPSA) is 42.0 Å². The number of thioether (sulfide) groups is 1. The number of halogens is 1. The molecule has 0 aliphatic heterocycles. The molecule has 0 spiro atoms. The van der Waals surface area contributed by atoms with Gasteiger partial charge in [0, 0.05) is 12.7 Å². The first-order valence-electron chi connectivity index (χ1n) is 7.25. The van der Waals surface area contributed by atoms with E-state index in [0.717, 1.165) is 23.9 Å². The number of aromatic nitrogens is 1. The number of rotatable bonds is 6. The zero-order valence-corrected chi connectivity index (χ0v) is 13.2. The maximum absolute atomic E-state index is 11.8. The van der Waals surface area contributed by atoms with Crippen molar-refractivity contribution < 1.29 is 4.79 Å². The maximum Gasteiger partial charge on any atom is 0.230 e. The molecular weight excluding hydrogens is 292 g/mol. The van der Waals surface area contributed by atoms with E-state index in [1.54, 1.807) is 18.3 Å². The molecule has 2 rings (SSSR count). The number of pyridine rings is 1. The van der Waals surface area contributed by atoms with Gasteiger partial charge in [0.15, 0.2) is 0 Å². The molecule has 0 bridgehead atoms. The third kappa shape index (κ3) is 5.33. The van der Waals surface area contributed by atoms with Gasteiger partial charge in [-0.15, -0.1) is 0 Å². The van der Waals surface area contributed by atoms with Crippen LogP contribution in [0.1, 0.15) is 38.5 Å². The van der Waals surface area contributed by atoms with Crippen LogP contribution in [0, 0.1) is 5.92 Å². The Morgan fingerprint density at radius 1 is 1.40 bits per heavy atom. The number of hydrogen-bond donors (Lipinski definition) is 1. The molecule has 0 radical (unpaired) electrons. The third-order valence-corrected chi connectivity index (χ3v) is 5.09. The smallest absolute Gasteiger partial charge is 0.230 e. The summed E-state index contributed by atoms with van der Waals surface area (Å²) < 4.78 is 0. The highest BCUT2D eigenvalue weighted by atomic mass is 35.5. The van der Waals surface area contributed by atoms with Crippen molar-refractivity contribution in [2.24, 2.45) is 5.92 Å². The lowest BCUT2D eigenvalue weighted by atomic mass is 9.87. The predicted octanol–water partition coefficient (Wildman–Crippen LogP) is 3.91. The van der Waals surface area contributed by atoms with E-state index in [4.69, 9.17) is 11.6 Å². The summed E-state index contributed by atoms with van der Waals surface area (Å²) in [5, 5.41) is 4.31. The van der Waals surface area contributed by atoms with Gasteiger partial charge in [0.05, 0.1) is 10.8 Å². The molecule has 5 heteroatoms. The Balaban J connectivity index is 1.62. The van der Waals surface area contributed by atoms with Crippen LogP contribution in [0.4, 0.5) is 0 Å². The average molecular weight is 313 g/mol. The van der Waals surface area contributed by atoms with Crippen LogP contribution in [-0.2, 0) is 4.79 Å². The second-order valence-corrected chi connectivity index (χ2v) is 6.59. The highest BCUT2D eigenvalue weighted by Crippen LogP contribution is 2.26. The number of carbonyl (C=O) groups excluding carboxylic acids is 1. The van der Waals surface area contributed by atoms with Crippen LogP contribution in [0.3, 0.4) is 0 Å². The number of nitrogens with zero attached hydrogens (tertiary/aromatic N) is 1. The van der Waals surface area contributed by atoms with E-state index in [0.29, 0.717) is 10.8 Å². The molecule has 3 nitrogen and oxygen atoms in total. The molecule has 0 aromatic carbocycles. The van der Waals surface area contributed by atoms with E-state index < -0.39 is 0 Å². The Kier molecular flexibility index (Phi) is 6.67. The lowest BCUT2D eigenvalue weighted by Crippen LogP contribution is -2.27. The van der Waals surface area contributed by atoms with Gasteiger partial charge in [-0.05, 0) is 24.5 Å². The molecule has 0 atom stereocenters. The van der Waals surface area contributed by atoms with Crippen molar-refractivity contribution in [1.29, 1.82) is 0 Å². The van der Waals surface area contributed by atoms with Crippen LogP contribution in [0.25, 0.3) is 0 Å². The van der Waals surface area contributed by atoms with Crippen molar-refractivity contribution in [3.05, 3.63) is 23.4 Å². The van der Waals surface area contributed by atoms with Crippen molar-refractivity contribution >= 4 is 29.3 Å². The first-order valence-corrected chi connectivity index (χ1v) is 8.62. The minimum atomic E-state index is 0.0625. The van der Waals surface area contributed by atoms with Crippen molar-refractivity contribution in [2.45, 2.75) is 43.6 Å². The van der Waals surface area contributed by atoms with Gasteiger partial charge in [0.2, 0.25) is 5.91 Å². The number of amides is 1. The minimum absolute atomic E-state index is 0.0625. The standard InChI is InChI=1S/C15H21ClN2OS/c16-13-7-4-9-18-15(13)20-11-14(19)17-10-8-12-5-2-1-3-6-12/h4,7,9,12H,1-3,5-6,8,10-11H2,(H,17,19). The molecular formula is C15H21ClN2OS. The van der Waals surface area contributed by atoms with Gasteiger partial charge < -0.3 is 5.32 Å². The molecule has 1 saturated carbocycles. The summed E-state index contributed by atoms with van der Waals surface area (Å²) in [4.78, 5) is 15.9. The number of hydrogen-bond acceptors (Lipinski definition) is 3. The van der Waals surface area contributed by atoms with Crippen molar-refractivity contribution in [3.63, 3.8) is 0 Å². The van der Waals surface area contributed by atoms with E-state index in [1.807, 2.05) is 0 Å². The average Bonchev–Trinajstić information content (AvgIpc) is 2.47. The van der Waals surface area contributed by atoms with E-state index in [-0.39, 0.29) is 5.91 Å². The molecule has 1 fully saturated rings. The van der Waals surface area contributed by atoms with Crippen LogP contribution < -0.4 is 5.32 Å². The fraction of sp³-hybridized carbons (Fsp3) is 0.600. The second kappa shape index (κ2) is 8.53. The molecule has 1 heterocycles. The van der Waals surface area contributed by atoms with Gasteiger partial charge in [-0.3, -0.25) is 4.79 Å². The van der Waals surface area contributed by atoms with E-state index in [9.17, 15) is 4.79 Å². The molecule has 20 heavy (non-hydrogen) atoms. The van der Waals surface area contributed by atoms with Gasteiger partial charge >= 0.3 is 0 Å². The lowest BCUT2D eigenvalue weighted by molar-refractivity contribution is -0.118. The van der Waals surface area contributed by atoms with Crippen LogP contribution in [0.15, 0.2) is 23.4 Å². The Morgan fingerprint density at radius 3 is 2.95 bits per heavy atom. The zero-order valence-electron chi connectivity index (χ0n) is 11.6. The molecule has 110 valence electrons. The Labute approximate surface area is 129 Å². The first kappa shape index (κ1) is 15.6. The fourth-order valence-electron chi connectivity index (χ4n) is 2.55. The van der Waals surface area contributed by atoms with Gasteiger partial charge in [-0.25, -0.2) is 4.98 Å². The molecule has 1 aliphatic carbocycles. The van der Waals surface area contributed by atoms with Gasteiger partial charge in [-0.1, -0.05) is 55.5 Å². The van der Waals surface area contributed by atoms with Crippen LogP contribution in [0.5, 0.6) is 0 Å². The van der Waals surface area contributed by atoms with Gasteiger partial charge in [-0.2, -0.15) is 0 Å². The summed E-state index contributed by atoms with van der Waals surface area (Å²) >= 11 is 7.38. The normalized spacial score (nSPS) is 16.1. The first-order chi connectivity index (χ1) is 9.75. The number of nitrogens with one attached hydrogen (secondary N) is 1. The number of carbonyl (C=O) groups is 1. The van der Waals surface area contributed by atoms with Gasteiger partial charge in [0.1, 0.15) is 5.03 Å². The van der Waals surface area contributed by atoms with Crippen molar-refractivity contribution in [1.82, 2.24) is 10.3 Å². The molecule has 0 unspecified atom stereocenters. The second-order valence-electron chi connectivity index (χ2n) is 5.22. The maximum atomic E-state index is 11.8. The summed E-state index contributed by atoms with van der Waals surface area (Å²) in [6.07, 6.45) is 9.54. The summed E-state index contributed by atoms with van der Waals surface area (Å²) in [6.45, 7) is 0.792. The quantitative estimate of drug-likeness (QED) is 0.810. The lowest BCUT2D eigenvalue weighted by Gasteiger charge is -2.21. The van der Waals surface area contributed by atoms with Gasteiger partial charge in [0.25, 0.3) is 0 Å². The van der Waals surface area contributed by atoms with E-state index in [1.165, 1.54) is 43.9 Å². The van der Waals surface area contributed by atoms with E-state index in [2.05, 4.69) is 10.3 Å².